The largest absolute Gasteiger partial charge is 0.493 e. The van der Waals surface area contributed by atoms with Gasteiger partial charge in [-0.25, -0.2) is 4.79 Å². The first-order valence-corrected chi connectivity index (χ1v) is 14.2. The van der Waals surface area contributed by atoms with Crippen LogP contribution in [0.5, 0.6) is 5.75 Å². The van der Waals surface area contributed by atoms with Crippen molar-refractivity contribution in [3.63, 3.8) is 0 Å². The minimum absolute atomic E-state index is 0.636. The Labute approximate surface area is 231 Å². The zero-order valence-corrected chi connectivity index (χ0v) is 24.1. The van der Waals surface area contributed by atoms with Crippen molar-refractivity contribution < 1.29 is 19.4 Å². The Morgan fingerprint density at radius 1 is 1.13 bits per heavy atom. The molecule has 3 aromatic rings. The number of ether oxygens (including phenoxy) is 2. The summed E-state index contributed by atoms with van der Waals surface area (Å²) < 4.78 is 15.5. The van der Waals surface area contributed by atoms with Gasteiger partial charge in [-0.15, -0.1) is 0 Å². The Morgan fingerprint density at radius 2 is 1.87 bits per heavy atom. The highest BCUT2D eigenvalue weighted by Crippen LogP contribution is 2.43. The van der Waals surface area contributed by atoms with Crippen molar-refractivity contribution in [3.05, 3.63) is 76.3 Å². The summed E-state index contributed by atoms with van der Waals surface area (Å²) in [6, 6.07) is 16.9. The topological polar surface area (TPSA) is 67.8 Å². The maximum Gasteiger partial charge on any atom is 0.337 e. The molecule has 202 valence electrons. The second kappa shape index (κ2) is 11.8. The van der Waals surface area contributed by atoms with E-state index >= 15 is 0 Å². The molecule has 0 spiro atoms. The predicted molar refractivity (Wildman–Crippen MR) is 156 cm³/mol. The molecule has 3 aromatic carbocycles. The molecule has 0 aliphatic carbocycles. The first-order chi connectivity index (χ1) is 18.1. The molecule has 0 amide bonds. The molecule has 4 rings (SSSR count). The number of hydrogen-bond donors (Lipinski definition) is 2. The first-order valence-electron chi connectivity index (χ1n) is 13.4. The van der Waals surface area contributed by atoms with Gasteiger partial charge in [0.05, 0.1) is 12.2 Å². The molecule has 38 heavy (non-hydrogen) atoms. The van der Waals surface area contributed by atoms with Crippen LogP contribution in [0.25, 0.3) is 11.1 Å². The number of fused-ring (bicyclic) bond motifs is 1. The van der Waals surface area contributed by atoms with E-state index in [1.54, 1.807) is 0 Å². The summed E-state index contributed by atoms with van der Waals surface area (Å²) >= 11 is 1.53. The van der Waals surface area contributed by atoms with Gasteiger partial charge in [0.1, 0.15) is 5.75 Å². The van der Waals surface area contributed by atoms with Crippen LogP contribution in [-0.2, 0) is 22.4 Å². The third-order valence-corrected chi connectivity index (χ3v) is 7.56. The van der Waals surface area contributed by atoms with Crippen LogP contribution in [0.3, 0.4) is 0 Å². The average molecular weight is 534 g/mol. The number of carboxylic acids is 1. The molecule has 0 saturated carbocycles. The average Bonchev–Trinajstić information content (AvgIpc) is 2.87. The lowest BCUT2D eigenvalue weighted by Crippen LogP contribution is -2.28. The van der Waals surface area contributed by atoms with Crippen molar-refractivity contribution in [2.75, 3.05) is 11.3 Å². The number of benzene rings is 3. The fourth-order valence-electron chi connectivity index (χ4n) is 4.99. The van der Waals surface area contributed by atoms with Gasteiger partial charge < -0.3 is 19.3 Å². The number of anilines is 1. The van der Waals surface area contributed by atoms with Crippen LogP contribution in [-0.4, -0.2) is 23.3 Å². The van der Waals surface area contributed by atoms with Crippen molar-refractivity contribution in [2.24, 2.45) is 0 Å². The standard InChI is InChI=1S/C32H39NO4S/c1-7-9-22-11-14-25(15-12-22)38-33-26-18-20(2)28(24-13-16-27-23(19-24)10-8-17-36-27)29(21(26)3)30(31(34)35)37-32(4,5)6/h11-16,18-19,30,33H,7-10,17H2,1-6H3,(H,34,35). The van der Waals surface area contributed by atoms with Crippen molar-refractivity contribution in [3.8, 4) is 16.9 Å². The number of carboxylic acid groups (broad SMARTS) is 1. The Hall–Kier alpha value is -2.96. The Kier molecular flexibility index (Phi) is 8.74. The van der Waals surface area contributed by atoms with Crippen LogP contribution in [0.2, 0.25) is 0 Å². The van der Waals surface area contributed by atoms with Gasteiger partial charge >= 0.3 is 5.97 Å². The van der Waals surface area contributed by atoms with Gasteiger partial charge in [-0.1, -0.05) is 31.5 Å². The van der Waals surface area contributed by atoms with Crippen LogP contribution < -0.4 is 9.46 Å². The molecule has 0 bridgehead atoms. The van der Waals surface area contributed by atoms with E-state index in [2.05, 4.69) is 48.0 Å². The molecule has 2 N–H and O–H groups in total. The lowest BCUT2D eigenvalue weighted by molar-refractivity contribution is -0.160. The molecule has 1 heterocycles. The van der Waals surface area contributed by atoms with E-state index in [0.717, 1.165) is 76.4 Å². The van der Waals surface area contributed by atoms with E-state index in [9.17, 15) is 9.90 Å². The van der Waals surface area contributed by atoms with E-state index in [1.807, 2.05) is 46.8 Å². The van der Waals surface area contributed by atoms with Gasteiger partial charge in [0.25, 0.3) is 0 Å². The Bertz CT molecular complexity index is 1290. The summed E-state index contributed by atoms with van der Waals surface area (Å²) in [5.74, 6) is -0.0856. The van der Waals surface area contributed by atoms with Crippen LogP contribution >= 0.6 is 11.9 Å². The fraction of sp³-hybridized carbons (Fsp3) is 0.406. The third-order valence-electron chi connectivity index (χ3n) is 6.73. The smallest absolute Gasteiger partial charge is 0.337 e. The second-order valence-electron chi connectivity index (χ2n) is 11.0. The number of aryl methyl sites for hydroxylation is 3. The Balaban J connectivity index is 1.79. The van der Waals surface area contributed by atoms with Gasteiger partial charge in [0.2, 0.25) is 0 Å². The molecular weight excluding hydrogens is 494 g/mol. The van der Waals surface area contributed by atoms with E-state index < -0.39 is 17.7 Å². The second-order valence-corrected chi connectivity index (χ2v) is 11.9. The van der Waals surface area contributed by atoms with Gasteiger partial charge in [-0.2, -0.15) is 0 Å². The van der Waals surface area contributed by atoms with Gasteiger partial charge in [-0.05, 0) is 130 Å². The van der Waals surface area contributed by atoms with Gasteiger partial charge in [-0.3, -0.25) is 0 Å². The molecule has 0 fully saturated rings. The van der Waals surface area contributed by atoms with Crippen LogP contribution in [0.4, 0.5) is 5.69 Å². The van der Waals surface area contributed by atoms with E-state index in [0.29, 0.717) is 5.56 Å². The van der Waals surface area contributed by atoms with Gasteiger partial charge in [0.15, 0.2) is 6.10 Å². The zero-order chi connectivity index (χ0) is 27.4. The first kappa shape index (κ1) is 28.1. The van der Waals surface area contributed by atoms with Crippen molar-refractivity contribution in [1.82, 2.24) is 0 Å². The SMILES string of the molecule is CCCc1ccc(SNc2cc(C)c(-c3ccc4c(c3)CCCO4)c(C(OC(C)(C)C)C(=O)O)c2C)cc1. The maximum atomic E-state index is 12.7. The number of hydrogen-bond acceptors (Lipinski definition) is 5. The number of rotatable bonds is 9. The lowest BCUT2D eigenvalue weighted by atomic mass is 9.86. The zero-order valence-electron chi connectivity index (χ0n) is 23.3. The summed E-state index contributed by atoms with van der Waals surface area (Å²) in [5, 5.41) is 10.4. The molecule has 1 aliphatic rings. The summed E-state index contributed by atoms with van der Waals surface area (Å²) in [4.78, 5) is 13.8. The van der Waals surface area contributed by atoms with Crippen LogP contribution in [0, 0.1) is 13.8 Å². The fourth-order valence-corrected chi connectivity index (χ4v) is 5.70. The van der Waals surface area contributed by atoms with Crippen molar-refractivity contribution >= 4 is 23.6 Å². The molecule has 6 heteroatoms. The molecule has 1 unspecified atom stereocenters. The quantitative estimate of drug-likeness (QED) is 0.270. The molecular formula is C32H39NO4S. The molecule has 1 atom stereocenters. The third kappa shape index (κ3) is 6.54. The lowest BCUT2D eigenvalue weighted by Gasteiger charge is -2.30. The van der Waals surface area contributed by atoms with Crippen LogP contribution in [0.15, 0.2) is 53.4 Å². The highest BCUT2D eigenvalue weighted by atomic mass is 32.2. The number of aliphatic carboxylic acids is 1. The van der Waals surface area contributed by atoms with Gasteiger partial charge in [0, 0.05) is 16.1 Å². The van der Waals surface area contributed by atoms with Crippen molar-refractivity contribution in [1.29, 1.82) is 0 Å². The predicted octanol–water partition coefficient (Wildman–Crippen LogP) is 8.31. The van der Waals surface area contributed by atoms with E-state index in [4.69, 9.17) is 9.47 Å². The van der Waals surface area contributed by atoms with E-state index in [-0.39, 0.29) is 0 Å². The summed E-state index contributed by atoms with van der Waals surface area (Å²) in [6.45, 7) is 12.6. The summed E-state index contributed by atoms with van der Waals surface area (Å²) in [7, 11) is 0. The summed E-state index contributed by atoms with van der Waals surface area (Å²) in [5.41, 5.74) is 7.17. The van der Waals surface area contributed by atoms with Crippen LogP contribution in [0.1, 0.15) is 74.5 Å². The molecule has 0 saturated heterocycles. The minimum Gasteiger partial charge on any atom is -0.493 e. The molecule has 1 aliphatic heterocycles. The monoisotopic (exact) mass is 533 g/mol. The number of carbonyl (C=O) groups is 1. The van der Waals surface area contributed by atoms with Crippen molar-refractivity contribution in [2.45, 2.75) is 83.8 Å². The maximum absolute atomic E-state index is 12.7. The number of nitrogens with one attached hydrogen (secondary N) is 1. The molecule has 0 aromatic heterocycles. The normalized spacial score (nSPS) is 13.9. The highest BCUT2D eigenvalue weighted by Gasteiger charge is 2.32. The van der Waals surface area contributed by atoms with E-state index in [1.165, 1.54) is 17.5 Å². The highest BCUT2D eigenvalue weighted by molar-refractivity contribution is 8.00. The molecule has 5 nitrogen and oxygen atoms in total. The summed E-state index contributed by atoms with van der Waals surface area (Å²) in [6.07, 6.45) is 3.00. The molecule has 0 radical (unpaired) electrons. The Morgan fingerprint density at radius 3 is 2.53 bits per heavy atom. The minimum atomic E-state index is -1.11.